The van der Waals surface area contributed by atoms with Gasteiger partial charge in [-0.3, -0.25) is 0 Å². The average molecular weight is 233 g/mol. The minimum Gasteiger partial charge on any atom is -0.370 e. The smallest absolute Gasteiger partial charge is 0.126 e. The zero-order chi connectivity index (χ0) is 12.1. The number of pyridine rings is 1. The number of hydrogen-bond acceptors (Lipinski definition) is 3. The van der Waals surface area contributed by atoms with Crippen LogP contribution in [0, 0.1) is 12.8 Å². The number of nitrogens with zero attached hydrogens (tertiary/aromatic N) is 2. The van der Waals surface area contributed by atoms with Crippen LogP contribution in [0.4, 0.5) is 5.82 Å². The third-order valence-corrected chi connectivity index (χ3v) is 3.32. The van der Waals surface area contributed by atoms with Gasteiger partial charge in [-0.25, -0.2) is 4.98 Å². The van der Waals surface area contributed by atoms with Crippen LogP contribution in [0.1, 0.15) is 25.3 Å². The van der Waals surface area contributed by atoms with E-state index in [0.717, 1.165) is 12.4 Å². The molecule has 3 nitrogen and oxygen atoms in total. The first-order valence-corrected chi connectivity index (χ1v) is 6.63. The molecule has 1 saturated heterocycles. The Morgan fingerprint density at radius 1 is 1.41 bits per heavy atom. The van der Waals surface area contributed by atoms with Gasteiger partial charge in [-0.1, -0.05) is 6.92 Å². The lowest BCUT2D eigenvalue weighted by Gasteiger charge is -2.20. The molecule has 0 radical (unpaired) electrons. The normalized spacial score (nSPS) is 18.2. The summed E-state index contributed by atoms with van der Waals surface area (Å²) in [5.74, 6) is 1.67. The predicted molar refractivity (Wildman–Crippen MR) is 72.3 cm³/mol. The molecule has 94 valence electrons. The van der Waals surface area contributed by atoms with Crippen LogP contribution in [-0.4, -0.2) is 36.1 Å². The molecule has 0 amide bonds. The summed E-state index contributed by atoms with van der Waals surface area (Å²) in [4.78, 5) is 6.88. The fourth-order valence-corrected chi connectivity index (χ4v) is 2.38. The maximum Gasteiger partial charge on any atom is 0.126 e. The molecule has 1 atom stereocenters. The first kappa shape index (κ1) is 12.4. The molecule has 1 aliphatic rings. The number of rotatable bonds is 5. The second kappa shape index (κ2) is 6.01. The highest BCUT2D eigenvalue weighted by atomic mass is 15.1. The first-order chi connectivity index (χ1) is 8.24. The SMILES string of the molecule is Cc1ccnc(NCC(C)CN2CCCC2)c1. The van der Waals surface area contributed by atoms with E-state index in [2.05, 4.69) is 35.1 Å². The zero-order valence-corrected chi connectivity index (χ0v) is 10.9. The maximum atomic E-state index is 4.32. The van der Waals surface area contributed by atoms with Gasteiger partial charge in [-0.05, 0) is 56.5 Å². The Hall–Kier alpha value is -1.09. The van der Waals surface area contributed by atoms with Gasteiger partial charge in [0.15, 0.2) is 0 Å². The Balaban J connectivity index is 1.73. The van der Waals surface area contributed by atoms with Crippen molar-refractivity contribution in [2.24, 2.45) is 5.92 Å². The van der Waals surface area contributed by atoms with Crippen molar-refractivity contribution >= 4 is 5.82 Å². The van der Waals surface area contributed by atoms with E-state index < -0.39 is 0 Å². The Morgan fingerprint density at radius 3 is 2.88 bits per heavy atom. The van der Waals surface area contributed by atoms with Crippen LogP contribution in [0.15, 0.2) is 18.3 Å². The van der Waals surface area contributed by atoms with E-state index >= 15 is 0 Å². The lowest BCUT2D eigenvalue weighted by Crippen LogP contribution is -2.29. The van der Waals surface area contributed by atoms with E-state index in [1.807, 2.05) is 12.3 Å². The topological polar surface area (TPSA) is 28.2 Å². The second-order valence-corrected chi connectivity index (χ2v) is 5.21. The van der Waals surface area contributed by atoms with Crippen molar-refractivity contribution in [3.8, 4) is 0 Å². The number of likely N-dealkylation sites (tertiary alicyclic amines) is 1. The van der Waals surface area contributed by atoms with Gasteiger partial charge in [0.25, 0.3) is 0 Å². The van der Waals surface area contributed by atoms with Gasteiger partial charge < -0.3 is 10.2 Å². The summed E-state index contributed by atoms with van der Waals surface area (Å²) in [7, 11) is 0. The van der Waals surface area contributed by atoms with Crippen molar-refractivity contribution in [1.29, 1.82) is 0 Å². The molecule has 0 spiro atoms. The summed E-state index contributed by atoms with van der Waals surface area (Å²) in [6, 6.07) is 4.13. The van der Waals surface area contributed by atoms with Gasteiger partial charge in [-0.2, -0.15) is 0 Å². The molecule has 1 aliphatic heterocycles. The van der Waals surface area contributed by atoms with Crippen molar-refractivity contribution in [2.75, 3.05) is 31.5 Å². The lowest BCUT2D eigenvalue weighted by atomic mass is 10.1. The van der Waals surface area contributed by atoms with Crippen LogP contribution in [0.5, 0.6) is 0 Å². The summed E-state index contributed by atoms with van der Waals surface area (Å²) in [6.07, 6.45) is 4.61. The molecule has 17 heavy (non-hydrogen) atoms. The minimum atomic E-state index is 0.676. The van der Waals surface area contributed by atoms with Gasteiger partial charge in [0, 0.05) is 19.3 Å². The van der Waals surface area contributed by atoms with E-state index in [-0.39, 0.29) is 0 Å². The van der Waals surface area contributed by atoms with Crippen LogP contribution in [0.3, 0.4) is 0 Å². The van der Waals surface area contributed by atoms with E-state index in [4.69, 9.17) is 0 Å². The number of anilines is 1. The lowest BCUT2D eigenvalue weighted by molar-refractivity contribution is 0.294. The summed E-state index contributed by atoms with van der Waals surface area (Å²) in [5, 5.41) is 3.42. The average Bonchev–Trinajstić information content (AvgIpc) is 2.79. The molecule has 2 rings (SSSR count). The number of hydrogen-bond donors (Lipinski definition) is 1. The summed E-state index contributed by atoms with van der Waals surface area (Å²) >= 11 is 0. The van der Waals surface area contributed by atoms with Gasteiger partial charge in [0.1, 0.15) is 5.82 Å². The predicted octanol–water partition coefficient (Wildman–Crippen LogP) is 2.53. The molecule has 1 aromatic heterocycles. The Kier molecular flexibility index (Phi) is 4.37. The molecular weight excluding hydrogens is 210 g/mol. The van der Waals surface area contributed by atoms with E-state index in [0.29, 0.717) is 5.92 Å². The third-order valence-electron chi connectivity index (χ3n) is 3.32. The summed E-state index contributed by atoms with van der Waals surface area (Å²) in [6.45, 7) is 9.19. The quantitative estimate of drug-likeness (QED) is 0.847. The number of aryl methyl sites for hydroxylation is 1. The molecule has 1 N–H and O–H groups in total. The molecule has 2 heterocycles. The van der Waals surface area contributed by atoms with Crippen molar-refractivity contribution in [1.82, 2.24) is 9.88 Å². The van der Waals surface area contributed by atoms with Crippen molar-refractivity contribution < 1.29 is 0 Å². The molecule has 3 heteroatoms. The van der Waals surface area contributed by atoms with Crippen molar-refractivity contribution in [2.45, 2.75) is 26.7 Å². The summed E-state index contributed by atoms with van der Waals surface area (Å²) < 4.78 is 0. The van der Waals surface area contributed by atoms with E-state index in [1.165, 1.54) is 38.0 Å². The maximum absolute atomic E-state index is 4.32. The molecule has 0 saturated carbocycles. The number of aromatic nitrogens is 1. The minimum absolute atomic E-state index is 0.676. The molecule has 0 bridgehead atoms. The van der Waals surface area contributed by atoms with Crippen LogP contribution in [0.2, 0.25) is 0 Å². The van der Waals surface area contributed by atoms with Crippen LogP contribution >= 0.6 is 0 Å². The third kappa shape index (κ3) is 4.00. The molecule has 0 aliphatic carbocycles. The first-order valence-electron chi connectivity index (χ1n) is 6.63. The Bertz CT molecular complexity index is 345. The van der Waals surface area contributed by atoms with E-state index in [1.54, 1.807) is 0 Å². The van der Waals surface area contributed by atoms with E-state index in [9.17, 15) is 0 Å². The van der Waals surface area contributed by atoms with Crippen molar-refractivity contribution in [3.05, 3.63) is 23.9 Å². The molecule has 1 aromatic rings. The molecule has 0 aromatic carbocycles. The molecule has 1 fully saturated rings. The number of nitrogens with one attached hydrogen (secondary N) is 1. The summed E-state index contributed by atoms with van der Waals surface area (Å²) in [5.41, 5.74) is 1.26. The second-order valence-electron chi connectivity index (χ2n) is 5.21. The zero-order valence-electron chi connectivity index (χ0n) is 10.9. The molecular formula is C14H23N3. The Morgan fingerprint density at radius 2 is 2.18 bits per heavy atom. The largest absolute Gasteiger partial charge is 0.370 e. The van der Waals surface area contributed by atoms with Gasteiger partial charge in [-0.15, -0.1) is 0 Å². The highest BCUT2D eigenvalue weighted by Gasteiger charge is 2.14. The van der Waals surface area contributed by atoms with Gasteiger partial charge in [0.2, 0.25) is 0 Å². The highest BCUT2D eigenvalue weighted by Crippen LogP contribution is 2.11. The highest BCUT2D eigenvalue weighted by molar-refractivity contribution is 5.36. The van der Waals surface area contributed by atoms with Crippen molar-refractivity contribution in [3.63, 3.8) is 0 Å². The van der Waals surface area contributed by atoms with Crippen LogP contribution in [0.25, 0.3) is 0 Å². The van der Waals surface area contributed by atoms with Gasteiger partial charge in [0.05, 0.1) is 0 Å². The van der Waals surface area contributed by atoms with Crippen LogP contribution < -0.4 is 5.32 Å². The fourth-order valence-electron chi connectivity index (χ4n) is 2.38. The van der Waals surface area contributed by atoms with Gasteiger partial charge >= 0.3 is 0 Å². The Labute approximate surface area is 104 Å². The van der Waals surface area contributed by atoms with Crippen LogP contribution in [-0.2, 0) is 0 Å². The molecule has 1 unspecified atom stereocenters. The monoisotopic (exact) mass is 233 g/mol. The fraction of sp³-hybridized carbons (Fsp3) is 0.643. The standard InChI is InChI=1S/C14H23N3/c1-12-5-6-15-14(9-12)16-10-13(2)11-17-7-3-4-8-17/h5-6,9,13H,3-4,7-8,10-11H2,1-2H3,(H,15,16).